The molecule has 0 heterocycles. The molecule has 1 atom stereocenters. The molecule has 3 saturated carbocycles. The van der Waals surface area contributed by atoms with E-state index < -0.39 is 0 Å². The lowest BCUT2D eigenvalue weighted by Crippen LogP contribution is -2.37. The van der Waals surface area contributed by atoms with Gasteiger partial charge in [0.15, 0.2) is 0 Å². The molecule has 3 aliphatic rings. The van der Waals surface area contributed by atoms with Gasteiger partial charge in [0, 0.05) is 12.6 Å². The predicted octanol–water partition coefficient (Wildman–Crippen LogP) is 10.2. The second kappa shape index (κ2) is 26.0. The van der Waals surface area contributed by atoms with E-state index in [-0.39, 0.29) is 6.04 Å². The summed E-state index contributed by atoms with van der Waals surface area (Å²) in [6.07, 6.45) is 42.4. The van der Waals surface area contributed by atoms with E-state index in [4.69, 9.17) is 11.5 Å². The van der Waals surface area contributed by atoms with Crippen LogP contribution in [0.5, 0.6) is 0 Å². The Labute approximate surface area is 216 Å². The molecule has 0 spiro atoms. The summed E-state index contributed by atoms with van der Waals surface area (Å²) < 4.78 is 0. The third-order valence-corrected chi connectivity index (χ3v) is 8.53. The Morgan fingerprint density at radius 3 is 0.706 bits per heavy atom. The zero-order valence-electron chi connectivity index (χ0n) is 23.5. The SMILES string of the molecule is C1CCCCCCCCC1.C1CCCCCCCCC1.NCC(N)C1CCCCCCCCC1. The van der Waals surface area contributed by atoms with Crippen LogP contribution >= 0.6 is 0 Å². The smallest absolute Gasteiger partial charge is 0.0191 e. The summed E-state index contributed by atoms with van der Waals surface area (Å²) in [5.41, 5.74) is 11.7. The maximum Gasteiger partial charge on any atom is 0.0191 e. The first-order chi connectivity index (χ1) is 16.8. The minimum Gasteiger partial charge on any atom is -0.329 e. The molecule has 0 radical (unpaired) electrons. The first-order valence-corrected chi connectivity index (χ1v) is 16.3. The molecule has 2 nitrogen and oxygen atoms in total. The molecule has 34 heavy (non-hydrogen) atoms. The van der Waals surface area contributed by atoms with Crippen LogP contribution in [0, 0.1) is 5.92 Å². The Morgan fingerprint density at radius 2 is 0.529 bits per heavy atom. The highest BCUT2D eigenvalue weighted by atomic mass is 14.7. The molecule has 204 valence electrons. The van der Waals surface area contributed by atoms with Crippen molar-refractivity contribution in [2.45, 2.75) is 192 Å². The van der Waals surface area contributed by atoms with E-state index in [0.717, 1.165) is 0 Å². The normalized spacial score (nSPS) is 24.2. The Morgan fingerprint density at radius 1 is 0.353 bits per heavy atom. The second-order valence-electron chi connectivity index (χ2n) is 11.8. The zero-order chi connectivity index (χ0) is 24.4. The molecule has 0 aromatic rings. The lowest BCUT2D eigenvalue weighted by molar-refractivity contribution is 0.336. The van der Waals surface area contributed by atoms with E-state index in [2.05, 4.69) is 0 Å². The minimum atomic E-state index is 0.245. The molecule has 3 aliphatic carbocycles. The van der Waals surface area contributed by atoms with Crippen LogP contribution in [-0.2, 0) is 0 Å². The summed E-state index contributed by atoms with van der Waals surface area (Å²) in [6.45, 7) is 0.657. The standard InChI is InChI=1S/C12H26N2.2C10H20/c13-10-12(14)11-8-6-4-2-1-3-5-7-9-11;2*1-2-4-6-8-10-9-7-5-3-1/h11-12H,1-10,13-14H2;2*1-10H2. The van der Waals surface area contributed by atoms with Crippen molar-refractivity contribution in [3.05, 3.63) is 0 Å². The molecule has 0 bridgehead atoms. The maximum absolute atomic E-state index is 6.03. The van der Waals surface area contributed by atoms with Crippen molar-refractivity contribution in [2.24, 2.45) is 17.4 Å². The Hall–Kier alpha value is -0.0800. The summed E-state index contributed by atoms with van der Waals surface area (Å²) in [4.78, 5) is 0. The van der Waals surface area contributed by atoms with Crippen molar-refractivity contribution in [3.63, 3.8) is 0 Å². The molecule has 0 amide bonds. The minimum absolute atomic E-state index is 0.245. The van der Waals surface area contributed by atoms with E-state index in [9.17, 15) is 0 Å². The second-order valence-corrected chi connectivity index (χ2v) is 11.8. The lowest BCUT2D eigenvalue weighted by Gasteiger charge is -2.23. The number of hydrogen-bond donors (Lipinski definition) is 2. The summed E-state index contributed by atoms with van der Waals surface area (Å²) in [7, 11) is 0. The van der Waals surface area contributed by atoms with Crippen LogP contribution in [0.3, 0.4) is 0 Å². The predicted molar refractivity (Wildman–Crippen MR) is 154 cm³/mol. The van der Waals surface area contributed by atoms with Crippen molar-refractivity contribution in [2.75, 3.05) is 6.54 Å². The van der Waals surface area contributed by atoms with Gasteiger partial charge in [0.25, 0.3) is 0 Å². The first kappa shape index (κ1) is 31.9. The fourth-order valence-corrected chi connectivity index (χ4v) is 6.00. The molecule has 2 heteroatoms. The topological polar surface area (TPSA) is 52.0 Å². The van der Waals surface area contributed by atoms with Gasteiger partial charge in [-0.2, -0.15) is 0 Å². The van der Waals surface area contributed by atoms with E-state index in [1.54, 1.807) is 0 Å². The van der Waals surface area contributed by atoms with E-state index >= 15 is 0 Å². The van der Waals surface area contributed by atoms with Gasteiger partial charge in [0.2, 0.25) is 0 Å². The Balaban J connectivity index is 0.000000261. The largest absolute Gasteiger partial charge is 0.329 e. The van der Waals surface area contributed by atoms with E-state index in [1.807, 2.05) is 0 Å². The molecule has 0 aliphatic heterocycles. The van der Waals surface area contributed by atoms with Crippen LogP contribution in [-0.4, -0.2) is 12.6 Å². The maximum atomic E-state index is 6.03. The fraction of sp³-hybridized carbons (Fsp3) is 1.00. The first-order valence-electron chi connectivity index (χ1n) is 16.3. The fourth-order valence-electron chi connectivity index (χ4n) is 6.00. The Kier molecular flexibility index (Phi) is 24.4. The van der Waals surface area contributed by atoms with Crippen molar-refractivity contribution < 1.29 is 0 Å². The monoisotopic (exact) mass is 479 g/mol. The summed E-state index contributed by atoms with van der Waals surface area (Å²) >= 11 is 0. The molecule has 1 unspecified atom stereocenters. The average molecular weight is 479 g/mol. The van der Waals surface area contributed by atoms with Crippen molar-refractivity contribution >= 4 is 0 Å². The van der Waals surface area contributed by atoms with Gasteiger partial charge in [0.1, 0.15) is 0 Å². The molecule has 4 N–H and O–H groups in total. The van der Waals surface area contributed by atoms with Crippen molar-refractivity contribution in [3.8, 4) is 0 Å². The third-order valence-electron chi connectivity index (χ3n) is 8.53. The highest BCUT2D eigenvalue weighted by Gasteiger charge is 2.16. The quantitative estimate of drug-likeness (QED) is 0.414. The van der Waals surface area contributed by atoms with Gasteiger partial charge in [-0.1, -0.05) is 173 Å². The third kappa shape index (κ3) is 21.2. The average Bonchev–Trinajstić information content (AvgIpc) is 2.89. The Bertz CT molecular complexity index is 287. The van der Waals surface area contributed by atoms with Crippen LogP contribution in [0.1, 0.15) is 186 Å². The van der Waals surface area contributed by atoms with Gasteiger partial charge >= 0.3 is 0 Å². The highest BCUT2D eigenvalue weighted by Crippen LogP contribution is 2.23. The van der Waals surface area contributed by atoms with Gasteiger partial charge in [-0.25, -0.2) is 0 Å². The molecule has 3 fully saturated rings. The molecule has 3 rings (SSSR count). The molecule has 0 saturated heterocycles. The van der Waals surface area contributed by atoms with E-state index in [1.165, 1.54) is 186 Å². The summed E-state index contributed by atoms with van der Waals surface area (Å²) in [6, 6.07) is 0.245. The van der Waals surface area contributed by atoms with Crippen LogP contribution in [0.15, 0.2) is 0 Å². The molecular weight excluding hydrogens is 412 g/mol. The van der Waals surface area contributed by atoms with Crippen LogP contribution in [0.25, 0.3) is 0 Å². The zero-order valence-corrected chi connectivity index (χ0v) is 23.5. The van der Waals surface area contributed by atoms with Crippen molar-refractivity contribution in [1.82, 2.24) is 0 Å². The van der Waals surface area contributed by atoms with Gasteiger partial charge in [0.05, 0.1) is 0 Å². The number of nitrogens with two attached hydrogens (primary N) is 2. The van der Waals surface area contributed by atoms with Crippen LogP contribution < -0.4 is 11.5 Å². The van der Waals surface area contributed by atoms with Crippen molar-refractivity contribution in [1.29, 1.82) is 0 Å². The highest BCUT2D eigenvalue weighted by molar-refractivity contribution is 4.74. The molecular formula is C32H66N2. The lowest BCUT2D eigenvalue weighted by atomic mass is 9.87. The number of rotatable bonds is 2. The van der Waals surface area contributed by atoms with Crippen LogP contribution in [0.2, 0.25) is 0 Å². The summed E-state index contributed by atoms with van der Waals surface area (Å²) in [5, 5.41) is 0. The van der Waals surface area contributed by atoms with E-state index in [0.29, 0.717) is 12.5 Å². The van der Waals surface area contributed by atoms with Gasteiger partial charge in [-0.05, 0) is 18.8 Å². The summed E-state index contributed by atoms with van der Waals surface area (Å²) in [5.74, 6) is 0.693. The van der Waals surface area contributed by atoms with Crippen LogP contribution in [0.4, 0.5) is 0 Å². The molecule has 0 aromatic heterocycles. The van der Waals surface area contributed by atoms with Gasteiger partial charge in [-0.3, -0.25) is 0 Å². The van der Waals surface area contributed by atoms with Gasteiger partial charge < -0.3 is 11.5 Å². The molecule has 0 aromatic carbocycles. The number of hydrogen-bond acceptors (Lipinski definition) is 2. The van der Waals surface area contributed by atoms with Gasteiger partial charge in [-0.15, -0.1) is 0 Å².